The third kappa shape index (κ3) is 5.00. The summed E-state index contributed by atoms with van der Waals surface area (Å²) in [5, 5.41) is 0. The minimum atomic E-state index is -3.89. The molecule has 0 aliphatic rings. The molecule has 0 aliphatic heterocycles. The Hall–Kier alpha value is -3.45. The van der Waals surface area contributed by atoms with Gasteiger partial charge in [-0.2, -0.15) is 0 Å². The molecule has 0 aliphatic carbocycles. The van der Waals surface area contributed by atoms with E-state index in [0.29, 0.717) is 11.3 Å². The number of carbonyl (C=O) groups excluding carboxylic acids is 2. The summed E-state index contributed by atoms with van der Waals surface area (Å²) in [7, 11) is -3.89. The van der Waals surface area contributed by atoms with Crippen molar-refractivity contribution in [3.63, 3.8) is 0 Å². The van der Waals surface area contributed by atoms with Crippen molar-refractivity contribution in [3.05, 3.63) is 96.1 Å². The molecule has 0 amide bonds. The number of hydrogen-bond acceptors (Lipinski definition) is 5. The van der Waals surface area contributed by atoms with Crippen molar-refractivity contribution in [2.24, 2.45) is 0 Å². The van der Waals surface area contributed by atoms with Crippen LogP contribution in [-0.2, 0) is 14.8 Å². The molecule has 3 rings (SSSR count). The Bertz CT molecular complexity index is 1160. The van der Waals surface area contributed by atoms with Gasteiger partial charge in [-0.25, -0.2) is 13.2 Å². The Morgan fingerprint density at radius 2 is 1.45 bits per heavy atom. The molecule has 31 heavy (non-hydrogen) atoms. The van der Waals surface area contributed by atoms with Crippen LogP contribution in [0.3, 0.4) is 0 Å². The number of esters is 1. The van der Waals surface area contributed by atoms with Gasteiger partial charge in [0.05, 0.1) is 16.1 Å². The molecule has 7 heteroatoms. The first-order valence-corrected chi connectivity index (χ1v) is 11.3. The minimum absolute atomic E-state index is 0.0327. The maximum absolute atomic E-state index is 13.2. The minimum Gasteiger partial charge on any atom is -0.451 e. The number of anilines is 1. The molecule has 0 spiro atoms. The smallest absolute Gasteiger partial charge is 0.338 e. The second-order valence-electron chi connectivity index (χ2n) is 6.81. The number of benzene rings is 3. The number of sulfonamides is 1. The van der Waals surface area contributed by atoms with Gasteiger partial charge in [0.25, 0.3) is 10.0 Å². The summed E-state index contributed by atoms with van der Waals surface area (Å²) < 4.78 is 32.9. The van der Waals surface area contributed by atoms with Gasteiger partial charge in [0.1, 0.15) is 0 Å². The first kappa shape index (κ1) is 22.2. The quantitative estimate of drug-likeness (QED) is 0.387. The van der Waals surface area contributed by atoms with Gasteiger partial charge in [0, 0.05) is 12.1 Å². The van der Waals surface area contributed by atoms with Crippen molar-refractivity contribution in [1.29, 1.82) is 0 Å². The zero-order valence-corrected chi connectivity index (χ0v) is 18.1. The lowest BCUT2D eigenvalue weighted by atomic mass is 10.1. The highest BCUT2D eigenvalue weighted by atomic mass is 32.2. The first-order valence-electron chi connectivity index (χ1n) is 9.82. The number of ether oxygens (including phenoxy) is 1. The molecule has 0 saturated carbocycles. The zero-order valence-electron chi connectivity index (χ0n) is 17.3. The molecule has 160 valence electrons. The van der Waals surface area contributed by atoms with Gasteiger partial charge < -0.3 is 4.74 Å². The van der Waals surface area contributed by atoms with Gasteiger partial charge in [0.15, 0.2) is 6.10 Å². The van der Waals surface area contributed by atoms with E-state index in [4.69, 9.17) is 4.74 Å². The predicted octanol–water partition coefficient (Wildman–Crippen LogP) is 4.33. The van der Waals surface area contributed by atoms with Gasteiger partial charge in [-0.05, 0) is 44.2 Å². The van der Waals surface area contributed by atoms with Crippen molar-refractivity contribution in [2.75, 3.05) is 10.8 Å². The Kier molecular flexibility index (Phi) is 6.87. The van der Waals surface area contributed by atoms with Crippen LogP contribution in [0.25, 0.3) is 0 Å². The number of ketones is 1. The van der Waals surface area contributed by atoms with Crippen molar-refractivity contribution in [2.45, 2.75) is 24.8 Å². The van der Waals surface area contributed by atoms with Crippen LogP contribution < -0.4 is 4.31 Å². The number of carbonyl (C=O) groups is 2. The van der Waals surface area contributed by atoms with E-state index >= 15 is 0 Å². The molecule has 0 saturated heterocycles. The maximum Gasteiger partial charge on any atom is 0.338 e. The van der Waals surface area contributed by atoms with Gasteiger partial charge in [0.2, 0.25) is 5.78 Å². The van der Waals surface area contributed by atoms with Crippen LogP contribution in [0.2, 0.25) is 0 Å². The van der Waals surface area contributed by atoms with Crippen LogP contribution >= 0.6 is 0 Å². The van der Waals surface area contributed by atoms with Crippen LogP contribution in [0.15, 0.2) is 89.8 Å². The summed E-state index contributed by atoms with van der Waals surface area (Å²) in [6.45, 7) is 3.45. The Morgan fingerprint density at radius 1 is 0.871 bits per heavy atom. The number of rotatable bonds is 8. The lowest BCUT2D eigenvalue weighted by molar-refractivity contribution is 0.0318. The van der Waals surface area contributed by atoms with E-state index in [1.165, 1.54) is 35.5 Å². The topological polar surface area (TPSA) is 80.8 Å². The van der Waals surface area contributed by atoms with Crippen molar-refractivity contribution in [3.8, 4) is 0 Å². The van der Waals surface area contributed by atoms with E-state index in [1.54, 1.807) is 67.6 Å². The van der Waals surface area contributed by atoms with Crippen LogP contribution in [-0.4, -0.2) is 32.8 Å². The van der Waals surface area contributed by atoms with Crippen LogP contribution in [0.1, 0.15) is 34.6 Å². The Morgan fingerprint density at radius 3 is 2.06 bits per heavy atom. The lowest BCUT2D eigenvalue weighted by Gasteiger charge is -2.23. The molecular formula is C24H23NO5S. The van der Waals surface area contributed by atoms with E-state index in [9.17, 15) is 18.0 Å². The highest BCUT2D eigenvalue weighted by Gasteiger charge is 2.26. The third-order valence-electron chi connectivity index (χ3n) is 4.70. The fourth-order valence-electron chi connectivity index (χ4n) is 3.12. The zero-order chi connectivity index (χ0) is 22.4. The highest BCUT2D eigenvalue weighted by Crippen LogP contribution is 2.24. The third-order valence-corrected chi connectivity index (χ3v) is 6.60. The van der Waals surface area contributed by atoms with Gasteiger partial charge in [-0.3, -0.25) is 9.10 Å². The Balaban J connectivity index is 1.82. The van der Waals surface area contributed by atoms with Crippen LogP contribution in [0, 0.1) is 0 Å². The van der Waals surface area contributed by atoms with Crippen LogP contribution in [0.5, 0.6) is 0 Å². The van der Waals surface area contributed by atoms with Crippen molar-refractivity contribution in [1.82, 2.24) is 0 Å². The maximum atomic E-state index is 13.2. The van der Waals surface area contributed by atoms with E-state index in [-0.39, 0.29) is 22.8 Å². The van der Waals surface area contributed by atoms with E-state index in [2.05, 4.69) is 0 Å². The number of para-hydroxylation sites is 1. The molecule has 1 unspecified atom stereocenters. The molecule has 0 radical (unpaired) electrons. The van der Waals surface area contributed by atoms with Gasteiger partial charge in [-0.1, -0.05) is 54.6 Å². The molecule has 0 bridgehead atoms. The standard InChI is InChI=1S/C24H23NO5S/c1-3-25(21-14-8-5-9-15-21)31(28,29)22-16-10-13-20(17-22)24(27)30-18(2)23(26)19-11-6-4-7-12-19/h4-18H,3H2,1-2H3. The van der Waals surface area contributed by atoms with E-state index < -0.39 is 22.1 Å². The van der Waals surface area contributed by atoms with Crippen molar-refractivity contribution >= 4 is 27.5 Å². The molecule has 1 atom stereocenters. The SMILES string of the molecule is CCN(c1ccccc1)S(=O)(=O)c1cccc(C(=O)OC(C)C(=O)c2ccccc2)c1. The lowest BCUT2D eigenvalue weighted by Crippen LogP contribution is -2.31. The molecular weight excluding hydrogens is 414 g/mol. The fourth-order valence-corrected chi connectivity index (χ4v) is 4.64. The molecule has 3 aromatic carbocycles. The second-order valence-corrected chi connectivity index (χ2v) is 8.67. The monoisotopic (exact) mass is 437 g/mol. The number of hydrogen-bond donors (Lipinski definition) is 0. The predicted molar refractivity (Wildman–Crippen MR) is 119 cm³/mol. The summed E-state index contributed by atoms with van der Waals surface area (Å²) >= 11 is 0. The molecule has 0 fully saturated rings. The second kappa shape index (κ2) is 9.57. The average molecular weight is 438 g/mol. The molecule has 6 nitrogen and oxygen atoms in total. The summed E-state index contributed by atoms with van der Waals surface area (Å²) in [5.41, 5.74) is 1.01. The molecule has 0 aromatic heterocycles. The number of Topliss-reactive ketones (excluding diaryl/α,β-unsaturated/α-hetero) is 1. The number of nitrogens with zero attached hydrogens (tertiary/aromatic N) is 1. The van der Waals surface area contributed by atoms with Gasteiger partial charge >= 0.3 is 5.97 Å². The normalized spacial score (nSPS) is 12.1. The molecule has 0 N–H and O–H groups in total. The highest BCUT2D eigenvalue weighted by molar-refractivity contribution is 7.92. The summed E-state index contributed by atoms with van der Waals surface area (Å²) in [4.78, 5) is 25.0. The van der Waals surface area contributed by atoms with Crippen molar-refractivity contribution < 1.29 is 22.7 Å². The fraction of sp³-hybridized carbons (Fsp3) is 0.167. The first-order chi connectivity index (χ1) is 14.8. The van der Waals surface area contributed by atoms with E-state index in [0.717, 1.165) is 0 Å². The van der Waals surface area contributed by atoms with Crippen LogP contribution in [0.4, 0.5) is 5.69 Å². The van der Waals surface area contributed by atoms with E-state index in [1.807, 2.05) is 0 Å². The largest absolute Gasteiger partial charge is 0.451 e. The summed E-state index contributed by atoms with van der Waals surface area (Å²) in [6.07, 6.45) is -1.01. The summed E-state index contributed by atoms with van der Waals surface area (Å²) in [5.74, 6) is -1.10. The summed E-state index contributed by atoms with van der Waals surface area (Å²) in [6, 6.07) is 22.9. The average Bonchev–Trinajstić information content (AvgIpc) is 2.80. The van der Waals surface area contributed by atoms with Gasteiger partial charge in [-0.15, -0.1) is 0 Å². The molecule has 3 aromatic rings. The molecule has 0 heterocycles. The Labute approximate surface area is 182 Å².